The number of sulfone groups is 2. The van der Waals surface area contributed by atoms with Gasteiger partial charge in [-0.25, -0.2) is 16.8 Å². The number of carbonyl (C=O) groups is 2. The van der Waals surface area contributed by atoms with E-state index in [1.54, 1.807) is 36.4 Å². The first-order valence-electron chi connectivity index (χ1n) is 17.7. The Balaban J connectivity index is 0.000000335. The van der Waals surface area contributed by atoms with Crippen LogP contribution in [0.15, 0.2) is 46.2 Å². The maximum Gasteiger partial charge on any atom is 0.218 e. The van der Waals surface area contributed by atoms with Crippen LogP contribution in [0.4, 0.5) is 0 Å². The van der Waals surface area contributed by atoms with Crippen molar-refractivity contribution in [3.63, 3.8) is 0 Å². The number of hydrogen-bond donors (Lipinski definition) is 2. The number of nitrogens with one attached hydrogen (secondary N) is 1. The van der Waals surface area contributed by atoms with Gasteiger partial charge in [0, 0.05) is 13.8 Å². The molecule has 0 radical (unpaired) electrons. The summed E-state index contributed by atoms with van der Waals surface area (Å²) in [6, 6.07) is 14.3. The number of nitrogens with zero attached hydrogens (tertiary/aromatic N) is 2. The van der Waals surface area contributed by atoms with Crippen molar-refractivity contribution in [1.82, 2.24) is 5.32 Å². The third-order valence-corrected chi connectivity index (χ3v) is 13.1. The van der Waals surface area contributed by atoms with Crippen molar-refractivity contribution in [2.75, 3.05) is 24.7 Å². The molecule has 2 aromatic rings. The number of nitriles is 2. The molecule has 53 heavy (non-hydrogen) atoms. The minimum absolute atomic E-state index is 0.0119. The fourth-order valence-electron chi connectivity index (χ4n) is 6.49. The summed E-state index contributed by atoms with van der Waals surface area (Å²) in [4.78, 5) is 21.2. The minimum atomic E-state index is -3.41. The highest BCUT2D eigenvalue weighted by Gasteiger charge is 2.38. The van der Waals surface area contributed by atoms with Crippen molar-refractivity contribution in [2.24, 2.45) is 17.6 Å². The van der Waals surface area contributed by atoms with Gasteiger partial charge < -0.3 is 20.5 Å². The Morgan fingerprint density at radius 1 is 0.792 bits per heavy atom. The predicted molar refractivity (Wildman–Crippen MR) is 204 cm³/mol. The van der Waals surface area contributed by atoms with Crippen molar-refractivity contribution >= 4 is 42.4 Å². The zero-order chi connectivity index (χ0) is 40.0. The maximum absolute atomic E-state index is 12.8. The van der Waals surface area contributed by atoms with Gasteiger partial charge in [0.05, 0.1) is 46.6 Å². The van der Waals surface area contributed by atoms with E-state index in [0.29, 0.717) is 85.9 Å². The van der Waals surface area contributed by atoms with Crippen LogP contribution in [0, 0.1) is 48.3 Å². The Morgan fingerprint density at radius 3 is 1.47 bits per heavy atom. The molecule has 0 bridgehead atoms. The molecule has 2 aromatic carbocycles. The summed E-state index contributed by atoms with van der Waals surface area (Å²) in [5.41, 5.74) is 5.91. The summed E-state index contributed by atoms with van der Waals surface area (Å²) in [6.45, 7) is 11.2. The molecule has 292 valence electrons. The van der Waals surface area contributed by atoms with Gasteiger partial charge in [-0.1, -0.05) is 0 Å². The van der Waals surface area contributed by atoms with Crippen LogP contribution in [-0.2, 0) is 29.3 Å². The molecule has 0 aromatic heterocycles. The van der Waals surface area contributed by atoms with E-state index in [1.165, 1.54) is 13.8 Å². The fraction of sp³-hybridized carbons (Fsp3) is 0.579. The zero-order valence-electron chi connectivity index (χ0n) is 31.5. The van der Waals surface area contributed by atoms with Crippen LogP contribution < -0.4 is 20.5 Å². The average molecular weight is 793 g/mol. The van der Waals surface area contributed by atoms with Crippen molar-refractivity contribution < 1.29 is 35.9 Å². The second-order valence-electron chi connectivity index (χ2n) is 13.8. The van der Waals surface area contributed by atoms with Crippen molar-refractivity contribution in [3.8, 4) is 23.6 Å². The van der Waals surface area contributed by atoms with E-state index in [4.69, 9.17) is 20.5 Å². The minimum Gasteiger partial charge on any atom is -0.494 e. The summed E-state index contributed by atoms with van der Waals surface area (Å²) in [7, 11) is -6.74. The zero-order valence-corrected chi connectivity index (χ0v) is 33.9. The second kappa shape index (κ2) is 20.1. The molecule has 1 amide bonds. The molecule has 12 nitrogen and oxygen atoms in total. The molecule has 3 N–H and O–H groups in total. The molecule has 0 saturated heterocycles. The van der Waals surface area contributed by atoms with Gasteiger partial charge in [-0.3, -0.25) is 9.59 Å². The summed E-state index contributed by atoms with van der Waals surface area (Å²) in [6.07, 6.45) is 4.64. The topological polar surface area (TPSA) is 207 Å². The van der Waals surface area contributed by atoms with Crippen LogP contribution in [0.3, 0.4) is 0 Å². The Kier molecular flexibility index (Phi) is 17.3. The molecule has 0 unspecified atom stereocenters. The molecule has 0 aliphatic heterocycles. The van der Waals surface area contributed by atoms with Gasteiger partial charge in [-0.15, -0.1) is 0 Å². The fourth-order valence-corrected chi connectivity index (χ4v) is 10.0. The first-order chi connectivity index (χ1) is 24.7. The van der Waals surface area contributed by atoms with Crippen LogP contribution in [0.1, 0.15) is 90.2 Å². The molecule has 2 aliphatic rings. The monoisotopic (exact) mass is 792 g/mol. The third-order valence-electron chi connectivity index (χ3n) is 9.33. The summed E-state index contributed by atoms with van der Waals surface area (Å²) in [5.74, 6) is 1.40. The number of hydrogen-bond acceptors (Lipinski definition) is 11. The van der Waals surface area contributed by atoms with Gasteiger partial charge >= 0.3 is 0 Å². The smallest absolute Gasteiger partial charge is 0.218 e. The van der Waals surface area contributed by atoms with Crippen molar-refractivity contribution in [2.45, 2.75) is 114 Å². The largest absolute Gasteiger partial charge is 0.494 e. The number of aryl methyl sites for hydroxylation is 2. The summed E-state index contributed by atoms with van der Waals surface area (Å²) >= 11 is 4.64. The lowest BCUT2D eigenvalue weighted by molar-refractivity contribution is -0.120. The lowest BCUT2D eigenvalue weighted by Gasteiger charge is -2.35. The van der Waals surface area contributed by atoms with E-state index >= 15 is 0 Å². The molecule has 0 atom stereocenters. The van der Waals surface area contributed by atoms with E-state index in [2.05, 4.69) is 29.1 Å². The summed E-state index contributed by atoms with van der Waals surface area (Å²) < 4.78 is 61.7. The van der Waals surface area contributed by atoms with E-state index in [1.807, 2.05) is 27.7 Å². The highest BCUT2D eigenvalue weighted by Crippen LogP contribution is 2.35. The van der Waals surface area contributed by atoms with Gasteiger partial charge in [0.1, 0.15) is 22.6 Å². The normalized spacial score (nSPS) is 22.6. The molecule has 2 aliphatic carbocycles. The van der Waals surface area contributed by atoms with Crippen molar-refractivity contribution in [1.29, 1.82) is 10.5 Å². The highest BCUT2D eigenvalue weighted by molar-refractivity contribution is 7.91. The van der Waals surface area contributed by atoms with E-state index in [9.17, 15) is 31.7 Å². The molecular weight excluding hydrogens is 740 g/mol. The van der Waals surface area contributed by atoms with E-state index in [-0.39, 0.29) is 34.5 Å². The molecule has 0 heterocycles. The number of halogens is 1. The maximum atomic E-state index is 12.8. The predicted octanol–water partition coefficient (Wildman–Crippen LogP) is 6.11. The van der Waals surface area contributed by atoms with Crippen LogP contribution in [-0.4, -0.2) is 63.8 Å². The Morgan fingerprint density at radius 2 is 1.17 bits per heavy atom. The van der Waals surface area contributed by atoms with Gasteiger partial charge in [0.15, 0.2) is 19.7 Å². The lowest BCUT2D eigenvalue weighted by Crippen LogP contribution is -2.49. The van der Waals surface area contributed by atoms with Crippen LogP contribution in [0.25, 0.3) is 0 Å². The van der Waals surface area contributed by atoms with Crippen LogP contribution >= 0.6 is 11.6 Å². The average Bonchev–Trinajstić information content (AvgIpc) is 3.08. The first kappa shape index (κ1) is 45.5. The molecule has 2 fully saturated rings. The Hall–Kier alpha value is -3.69. The van der Waals surface area contributed by atoms with Gasteiger partial charge in [-0.2, -0.15) is 10.5 Å². The number of amides is 1. The number of benzene rings is 2. The van der Waals surface area contributed by atoms with Gasteiger partial charge in [0.25, 0.3) is 0 Å². The molecule has 0 spiro atoms. The molecular formula is C38H53ClN4O8S2. The number of carbonyl (C=O) groups excluding carboxylic acids is 2. The van der Waals surface area contributed by atoms with Crippen LogP contribution in [0.2, 0.25) is 0 Å². The number of ether oxygens (including phenoxy) is 2. The number of nitrogens with two attached hydrogens (primary N) is 1. The highest BCUT2D eigenvalue weighted by atomic mass is 35.5. The standard InChI is InChI=1S/C19H26N2O4S.C17H24N2O3S.C2H3ClO/c1-4-25-18-6-5-17(11-14(18)2)26(23,24)12-16-7-9-19(13-20,10-8-16)21-15(3)22;1-3-22-16-5-4-15(10-13(16)2)23(20,21)11-14-6-8-17(19,12-18)9-7-14;1-2(3)4/h5-6,11,16H,4,7-10,12H2,1-3H3,(H,21,22);4-5,10,14H,3,6-9,11,19H2,1-2H3;1H3. The van der Waals surface area contributed by atoms with Crippen LogP contribution in [0.5, 0.6) is 11.5 Å². The Labute approximate surface area is 320 Å². The van der Waals surface area contributed by atoms with Crippen molar-refractivity contribution in [3.05, 3.63) is 47.5 Å². The SMILES string of the molecule is CC(=O)Cl.CCOc1ccc(S(=O)(=O)CC2CCC(C#N)(NC(C)=O)CC2)cc1C.CCOc1ccc(S(=O)(=O)CC2CCC(N)(C#N)CC2)cc1C. The third kappa shape index (κ3) is 14.2. The quantitative estimate of drug-likeness (QED) is 0.248. The van der Waals surface area contributed by atoms with Gasteiger partial charge in [0.2, 0.25) is 11.1 Å². The molecule has 15 heteroatoms. The van der Waals surface area contributed by atoms with E-state index in [0.717, 1.165) is 11.1 Å². The summed E-state index contributed by atoms with van der Waals surface area (Å²) in [5, 5.41) is 20.8. The van der Waals surface area contributed by atoms with E-state index < -0.39 is 30.8 Å². The molecule has 4 rings (SSSR count). The first-order valence-corrected chi connectivity index (χ1v) is 21.4. The molecule has 2 saturated carbocycles. The Bertz CT molecular complexity index is 1870. The van der Waals surface area contributed by atoms with Gasteiger partial charge in [-0.05, 0) is 150 Å². The number of rotatable bonds is 11. The lowest BCUT2D eigenvalue weighted by atomic mass is 9.78. The second-order valence-corrected chi connectivity index (χ2v) is 18.4.